The van der Waals surface area contributed by atoms with Crippen LogP contribution in [-0.4, -0.2) is 36.3 Å². The summed E-state index contributed by atoms with van der Waals surface area (Å²) in [6, 6.07) is 7.81. The summed E-state index contributed by atoms with van der Waals surface area (Å²) in [5, 5.41) is 6.24. The van der Waals surface area contributed by atoms with Crippen LogP contribution in [0, 0.1) is 5.92 Å². The van der Waals surface area contributed by atoms with Gasteiger partial charge in [-0.3, -0.25) is 9.59 Å². The Morgan fingerprint density at radius 3 is 2.73 bits per heavy atom. The number of carbonyl (C=O) groups excluding carboxylic acids is 2. The predicted octanol–water partition coefficient (Wildman–Crippen LogP) is 1.75. The summed E-state index contributed by atoms with van der Waals surface area (Å²) >= 11 is 0. The number of anilines is 1. The third-order valence-electron chi connectivity index (χ3n) is 4.43. The van der Waals surface area contributed by atoms with Gasteiger partial charge >= 0.3 is 0 Å². The van der Waals surface area contributed by atoms with Gasteiger partial charge in [-0.05, 0) is 43.5 Å². The summed E-state index contributed by atoms with van der Waals surface area (Å²) in [5.41, 5.74) is 1.93. The Morgan fingerprint density at radius 1 is 1.27 bits per heavy atom. The fourth-order valence-corrected chi connectivity index (χ4v) is 3.10. The summed E-state index contributed by atoms with van der Waals surface area (Å²) in [7, 11) is 0. The van der Waals surface area contributed by atoms with Crippen molar-refractivity contribution in [2.45, 2.75) is 32.2 Å². The van der Waals surface area contributed by atoms with Crippen LogP contribution in [0.2, 0.25) is 0 Å². The Morgan fingerprint density at radius 2 is 2.09 bits per heavy atom. The van der Waals surface area contributed by atoms with E-state index in [1.807, 2.05) is 29.2 Å². The molecule has 2 aliphatic heterocycles. The molecule has 0 aromatic heterocycles. The lowest BCUT2D eigenvalue weighted by Gasteiger charge is -2.22. The largest absolute Gasteiger partial charge is 0.338 e. The van der Waals surface area contributed by atoms with Crippen LogP contribution in [0.25, 0.3) is 0 Å². The minimum atomic E-state index is 0.0654. The van der Waals surface area contributed by atoms with Gasteiger partial charge in [0.15, 0.2) is 0 Å². The van der Waals surface area contributed by atoms with E-state index in [1.165, 1.54) is 0 Å². The van der Waals surface area contributed by atoms with Crippen LogP contribution in [-0.2, 0) is 16.1 Å². The maximum absolute atomic E-state index is 12.2. The highest BCUT2D eigenvalue weighted by Gasteiger charge is 2.21. The number of hydrogen-bond acceptors (Lipinski definition) is 3. The molecule has 0 radical (unpaired) electrons. The van der Waals surface area contributed by atoms with Crippen molar-refractivity contribution >= 4 is 17.5 Å². The van der Waals surface area contributed by atoms with Crippen molar-refractivity contribution in [2.75, 3.05) is 25.0 Å². The number of rotatable bonds is 4. The highest BCUT2D eigenvalue weighted by molar-refractivity contribution is 5.92. The molecule has 2 fully saturated rings. The van der Waals surface area contributed by atoms with Crippen molar-refractivity contribution in [2.24, 2.45) is 5.92 Å². The van der Waals surface area contributed by atoms with Crippen molar-refractivity contribution in [1.29, 1.82) is 0 Å². The molecule has 3 rings (SSSR count). The van der Waals surface area contributed by atoms with Crippen LogP contribution in [0.15, 0.2) is 24.3 Å². The van der Waals surface area contributed by atoms with E-state index >= 15 is 0 Å². The van der Waals surface area contributed by atoms with Gasteiger partial charge in [0, 0.05) is 31.7 Å². The van der Waals surface area contributed by atoms with Gasteiger partial charge in [-0.25, -0.2) is 0 Å². The van der Waals surface area contributed by atoms with Crippen molar-refractivity contribution < 1.29 is 9.59 Å². The van der Waals surface area contributed by atoms with E-state index in [2.05, 4.69) is 10.6 Å². The Hall–Kier alpha value is -1.88. The van der Waals surface area contributed by atoms with E-state index < -0.39 is 0 Å². The summed E-state index contributed by atoms with van der Waals surface area (Å²) < 4.78 is 0. The number of piperidine rings is 1. The lowest BCUT2D eigenvalue weighted by molar-refractivity contribution is -0.128. The van der Waals surface area contributed by atoms with E-state index in [1.54, 1.807) is 0 Å². The average molecular weight is 301 g/mol. The molecule has 2 N–H and O–H groups in total. The number of benzene rings is 1. The molecule has 1 aromatic carbocycles. The number of amides is 2. The normalized spacial score (nSPS) is 21.9. The molecular formula is C17H23N3O2. The number of nitrogens with one attached hydrogen (secondary N) is 2. The third-order valence-corrected chi connectivity index (χ3v) is 4.43. The second kappa shape index (κ2) is 6.92. The number of carbonyl (C=O) groups is 2. The number of likely N-dealkylation sites (tertiary alicyclic amines) is 1. The molecule has 5 nitrogen and oxygen atoms in total. The first-order valence-corrected chi connectivity index (χ1v) is 8.11. The second-order valence-electron chi connectivity index (χ2n) is 6.15. The predicted molar refractivity (Wildman–Crippen MR) is 85.3 cm³/mol. The fraction of sp³-hybridized carbons (Fsp3) is 0.529. The van der Waals surface area contributed by atoms with Crippen LogP contribution >= 0.6 is 0 Å². The molecule has 1 atom stereocenters. The zero-order chi connectivity index (χ0) is 15.4. The Labute approximate surface area is 131 Å². The first-order valence-electron chi connectivity index (χ1n) is 8.11. The monoisotopic (exact) mass is 301 g/mol. The fourth-order valence-electron chi connectivity index (χ4n) is 3.10. The Bertz CT molecular complexity index is 535. The molecule has 1 aromatic rings. The van der Waals surface area contributed by atoms with E-state index in [0.717, 1.165) is 50.1 Å². The average Bonchev–Trinajstić information content (AvgIpc) is 2.95. The molecule has 0 saturated carbocycles. The first kappa shape index (κ1) is 15.0. The molecule has 0 bridgehead atoms. The minimum absolute atomic E-state index is 0.0654. The van der Waals surface area contributed by atoms with Crippen molar-refractivity contribution in [3.8, 4) is 0 Å². The molecule has 2 amide bonds. The minimum Gasteiger partial charge on any atom is -0.338 e. The Balaban J connectivity index is 1.54. The molecule has 0 aliphatic carbocycles. The summed E-state index contributed by atoms with van der Waals surface area (Å²) in [6.45, 7) is 3.29. The summed E-state index contributed by atoms with van der Waals surface area (Å²) in [5.74, 6) is 0.396. The molecule has 1 unspecified atom stereocenters. The van der Waals surface area contributed by atoms with Gasteiger partial charge in [-0.1, -0.05) is 12.1 Å². The zero-order valence-electron chi connectivity index (χ0n) is 12.8. The number of hydrogen-bond donors (Lipinski definition) is 2. The highest BCUT2D eigenvalue weighted by Crippen LogP contribution is 2.18. The van der Waals surface area contributed by atoms with Gasteiger partial charge < -0.3 is 15.5 Å². The van der Waals surface area contributed by atoms with E-state index in [4.69, 9.17) is 0 Å². The zero-order valence-corrected chi connectivity index (χ0v) is 12.8. The topological polar surface area (TPSA) is 61.4 Å². The van der Waals surface area contributed by atoms with Gasteiger partial charge in [0.05, 0.1) is 5.92 Å². The van der Waals surface area contributed by atoms with Crippen molar-refractivity contribution in [3.63, 3.8) is 0 Å². The second-order valence-corrected chi connectivity index (χ2v) is 6.15. The highest BCUT2D eigenvalue weighted by atomic mass is 16.2. The van der Waals surface area contributed by atoms with Crippen molar-refractivity contribution in [3.05, 3.63) is 29.8 Å². The van der Waals surface area contributed by atoms with Crippen LogP contribution in [0.1, 0.15) is 31.2 Å². The molecule has 22 heavy (non-hydrogen) atoms. The number of nitrogens with zero attached hydrogens (tertiary/aromatic N) is 1. The smallest absolute Gasteiger partial charge is 0.228 e. The molecule has 5 heteroatoms. The van der Waals surface area contributed by atoms with Gasteiger partial charge in [0.25, 0.3) is 0 Å². The summed E-state index contributed by atoms with van der Waals surface area (Å²) in [4.78, 5) is 25.7. The van der Waals surface area contributed by atoms with Crippen LogP contribution in [0.4, 0.5) is 5.69 Å². The molecule has 2 aliphatic rings. The lowest BCUT2D eigenvalue weighted by Crippen LogP contribution is -2.37. The van der Waals surface area contributed by atoms with Gasteiger partial charge in [0.1, 0.15) is 0 Å². The van der Waals surface area contributed by atoms with Crippen LogP contribution in [0.5, 0.6) is 0 Å². The van der Waals surface area contributed by atoms with Crippen molar-refractivity contribution in [1.82, 2.24) is 10.2 Å². The summed E-state index contributed by atoms with van der Waals surface area (Å²) in [6.07, 6.45) is 3.64. The molecular weight excluding hydrogens is 278 g/mol. The molecule has 2 saturated heterocycles. The first-order chi connectivity index (χ1) is 10.7. The molecule has 2 heterocycles. The lowest BCUT2D eigenvalue weighted by atomic mass is 9.99. The maximum atomic E-state index is 12.2. The maximum Gasteiger partial charge on any atom is 0.228 e. The molecule has 0 spiro atoms. The quantitative estimate of drug-likeness (QED) is 0.890. The van der Waals surface area contributed by atoms with Gasteiger partial charge in [-0.15, -0.1) is 0 Å². The van der Waals surface area contributed by atoms with E-state index in [-0.39, 0.29) is 17.7 Å². The van der Waals surface area contributed by atoms with E-state index in [0.29, 0.717) is 13.0 Å². The third kappa shape index (κ3) is 3.65. The van der Waals surface area contributed by atoms with Gasteiger partial charge in [-0.2, -0.15) is 0 Å². The molecule has 118 valence electrons. The van der Waals surface area contributed by atoms with Gasteiger partial charge in [0.2, 0.25) is 11.8 Å². The van der Waals surface area contributed by atoms with Crippen LogP contribution in [0.3, 0.4) is 0 Å². The standard InChI is InChI=1S/C17H23N3O2/c21-16-4-2-10-20(16)12-13-5-7-15(8-6-13)19-17(22)14-3-1-9-18-11-14/h5-8,14,18H,1-4,9-12H2,(H,19,22). The SMILES string of the molecule is O=C(Nc1ccc(CN2CCCC2=O)cc1)C1CCCNC1. The van der Waals surface area contributed by atoms with E-state index in [9.17, 15) is 9.59 Å². The Kier molecular flexibility index (Phi) is 4.73. The van der Waals surface area contributed by atoms with Crippen LogP contribution < -0.4 is 10.6 Å².